The average Bonchev–Trinajstić information content (AvgIpc) is 2.47. The van der Waals surface area contributed by atoms with Gasteiger partial charge in [0.15, 0.2) is 0 Å². The largest absolute Gasteiger partial charge is 0.396 e. The van der Waals surface area contributed by atoms with Crippen LogP contribution in [0.3, 0.4) is 0 Å². The van der Waals surface area contributed by atoms with Gasteiger partial charge in [-0.2, -0.15) is 11.8 Å². The van der Waals surface area contributed by atoms with Crippen molar-refractivity contribution in [2.75, 3.05) is 53.7 Å². The second-order valence-electron chi connectivity index (χ2n) is 5.51. The molecule has 0 aromatic carbocycles. The van der Waals surface area contributed by atoms with E-state index in [9.17, 15) is 16.8 Å². The van der Waals surface area contributed by atoms with Crippen molar-refractivity contribution in [1.29, 1.82) is 0 Å². The lowest BCUT2D eigenvalue weighted by Gasteiger charge is -1.93. The Hall–Kier alpha value is 0.900. The molecule has 0 aliphatic carbocycles. The molecule has 10 heteroatoms. The van der Waals surface area contributed by atoms with Gasteiger partial charge in [0, 0.05) is 37.2 Å². The summed E-state index contributed by atoms with van der Waals surface area (Å²) in [6.45, 7) is 0.427. The Morgan fingerprint density at radius 3 is 1.48 bits per heavy atom. The molecule has 0 radical (unpaired) electrons. The lowest BCUT2D eigenvalue weighted by Crippen LogP contribution is -2.03. The first-order chi connectivity index (χ1) is 11.5. The Morgan fingerprint density at radius 1 is 0.760 bits per heavy atom. The van der Waals surface area contributed by atoms with Gasteiger partial charge >= 0.3 is 0 Å². The zero-order valence-corrected chi connectivity index (χ0v) is 20.2. The normalized spacial score (nSPS) is 11.1. The number of aliphatic hydroxyl groups excluding tert-OH is 2. The molecular formula is C15H35IO6S3. The van der Waals surface area contributed by atoms with Crippen LogP contribution in [0, 0.1) is 0 Å². The molecular weight excluding hydrogens is 499 g/mol. The minimum absolute atomic E-state index is 0.0789. The van der Waals surface area contributed by atoms with Gasteiger partial charge in [0.05, 0.1) is 0 Å². The molecule has 0 rings (SSSR count). The third kappa shape index (κ3) is 45.7. The summed E-state index contributed by atoms with van der Waals surface area (Å²) in [6.07, 6.45) is 9.62. The van der Waals surface area contributed by atoms with Crippen molar-refractivity contribution in [2.45, 2.75) is 38.5 Å². The lowest BCUT2D eigenvalue weighted by molar-refractivity contribution is 0.287. The predicted molar refractivity (Wildman–Crippen MR) is 119 cm³/mol. The second kappa shape index (κ2) is 21.2. The van der Waals surface area contributed by atoms with E-state index < -0.39 is 19.7 Å². The molecule has 0 amide bonds. The molecule has 0 heterocycles. The molecule has 0 fully saturated rings. The van der Waals surface area contributed by atoms with Crippen molar-refractivity contribution < 1.29 is 27.0 Å². The summed E-state index contributed by atoms with van der Waals surface area (Å²) >= 11 is 4.07. The summed E-state index contributed by atoms with van der Waals surface area (Å²) < 4.78 is 42.9. The highest BCUT2D eigenvalue weighted by atomic mass is 127. The summed E-state index contributed by atoms with van der Waals surface area (Å²) in [4.78, 5) is 0. The van der Waals surface area contributed by atoms with Gasteiger partial charge in [-0.3, -0.25) is 0 Å². The van der Waals surface area contributed by atoms with E-state index in [-0.39, 0.29) is 12.4 Å². The van der Waals surface area contributed by atoms with Crippen molar-refractivity contribution in [1.82, 2.24) is 0 Å². The molecule has 0 spiro atoms. The lowest BCUT2D eigenvalue weighted by atomic mass is 10.4. The number of thioether (sulfide) groups is 1. The van der Waals surface area contributed by atoms with E-state index in [2.05, 4.69) is 28.8 Å². The maximum absolute atomic E-state index is 10.5. The maximum atomic E-state index is 10.5. The van der Waals surface area contributed by atoms with Gasteiger partial charge < -0.3 is 10.2 Å². The first kappa shape index (κ1) is 30.6. The van der Waals surface area contributed by atoms with Crippen LogP contribution in [0.5, 0.6) is 0 Å². The van der Waals surface area contributed by atoms with E-state index in [4.69, 9.17) is 10.2 Å². The van der Waals surface area contributed by atoms with Crippen LogP contribution in [0.1, 0.15) is 38.5 Å². The van der Waals surface area contributed by atoms with E-state index in [1.165, 1.54) is 18.3 Å². The molecule has 0 aromatic rings. The third-order valence-electron chi connectivity index (χ3n) is 2.58. The minimum atomic E-state index is -2.81. The number of hydrogen-bond acceptors (Lipinski definition) is 7. The van der Waals surface area contributed by atoms with Crippen LogP contribution in [0.15, 0.2) is 0 Å². The molecule has 0 saturated heterocycles. The standard InChI is InChI=1S/C5H11IO2S.C5H12O3S.C5H12OS/c2*1-9(7,8)5-3-2-4-6;1-7-5-3-2-4-6/h2-5H2,1H3;6H,2-5H2,1H3;6H,2-5H2,1H3. The summed E-state index contributed by atoms with van der Waals surface area (Å²) in [5.41, 5.74) is 0. The van der Waals surface area contributed by atoms with Gasteiger partial charge in [0.2, 0.25) is 0 Å². The third-order valence-corrected chi connectivity index (χ3v) is 6.10. The zero-order valence-electron chi connectivity index (χ0n) is 15.6. The highest BCUT2D eigenvalue weighted by molar-refractivity contribution is 14.1. The van der Waals surface area contributed by atoms with Crippen LogP contribution in [0.4, 0.5) is 0 Å². The highest BCUT2D eigenvalue weighted by Gasteiger charge is 1.99. The number of sulfone groups is 2. The highest BCUT2D eigenvalue weighted by Crippen LogP contribution is 1.97. The first-order valence-corrected chi connectivity index (χ1v) is 15.2. The Labute approximate surface area is 172 Å². The summed E-state index contributed by atoms with van der Waals surface area (Å²) in [5, 5.41) is 16.6. The van der Waals surface area contributed by atoms with E-state index in [1.807, 2.05) is 11.8 Å². The molecule has 0 bridgehead atoms. The van der Waals surface area contributed by atoms with Gasteiger partial charge in [-0.25, -0.2) is 16.8 Å². The summed E-state index contributed by atoms with van der Waals surface area (Å²) in [7, 11) is -5.51. The molecule has 0 aliphatic heterocycles. The fourth-order valence-electron chi connectivity index (χ4n) is 1.29. The fraction of sp³-hybridized carbons (Fsp3) is 1.00. The predicted octanol–water partition coefficient (Wildman–Crippen LogP) is 2.17. The molecule has 2 N–H and O–H groups in total. The van der Waals surface area contributed by atoms with Crippen LogP contribution in [-0.4, -0.2) is 80.7 Å². The van der Waals surface area contributed by atoms with E-state index in [1.54, 1.807) is 0 Å². The smallest absolute Gasteiger partial charge is 0.147 e. The molecule has 156 valence electrons. The minimum Gasteiger partial charge on any atom is -0.396 e. The van der Waals surface area contributed by atoms with Gasteiger partial charge in [-0.15, -0.1) is 0 Å². The molecule has 0 unspecified atom stereocenters. The van der Waals surface area contributed by atoms with E-state index in [0.29, 0.717) is 25.2 Å². The Kier molecular flexibility index (Phi) is 26.0. The molecule has 0 aliphatic rings. The van der Waals surface area contributed by atoms with Crippen LogP contribution < -0.4 is 0 Å². The quantitative estimate of drug-likeness (QED) is 0.225. The zero-order chi connectivity index (χ0) is 20.2. The Bertz CT molecular complexity index is 410. The van der Waals surface area contributed by atoms with Crippen molar-refractivity contribution >= 4 is 54.0 Å². The van der Waals surface area contributed by atoms with Crippen molar-refractivity contribution in [2.24, 2.45) is 0 Å². The Balaban J connectivity index is -0.000000293. The van der Waals surface area contributed by atoms with Crippen LogP contribution in [0.2, 0.25) is 0 Å². The number of halogens is 1. The molecule has 0 atom stereocenters. The molecule has 25 heavy (non-hydrogen) atoms. The van der Waals surface area contributed by atoms with Crippen molar-refractivity contribution in [3.05, 3.63) is 0 Å². The molecule has 6 nitrogen and oxygen atoms in total. The summed E-state index contributed by atoms with van der Waals surface area (Å²) in [5.74, 6) is 1.71. The van der Waals surface area contributed by atoms with Crippen LogP contribution in [-0.2, 0) is 19.7 Å². The SMILES string of the molecule is CS(=O)(=O)CCCCI.CS(=O)(=O)CCCCO.CSCCCCO. The van der Waals surface area contributed by atoms with Crippen molar-refractivity contribution in [3.63, 3.8) is 0 Å². The average molecular weight is 535 g/mol. The first-order valence-electron chi connectivity index (χ1n) is 8.16. The molecule has 0 saturated carbocycles. The van der Waals surface area contributed by atoms with Crippen LogP contribution in [0.25, 0.3) is 0 Å². The number of hydrogen-bond donors (Lipinski definition) is 2. The Morgan fingerprint density at radius 2 is 1.16 bits per heavy atom. The van der Waals surface area contributed by atoms with Gasteiger partial charge in [0.1, 0.15) is 19.7 Å². The summed E-state index contributed by atoms with van der Waals surface area (Å²) in [6, 6.07) is 0. The number of alkyl halides is 1. The maximum Gasteiger partial charge on any atom is 0.147 e. The van der Waals surface area contributed by atoms with E-state index in [0.717, 1.165) is 30.1 Å². The molecule has 0 aromatic heterocycles. The monoisotopic (exact) mass is 534 g/mol. The second-order valence-corrected chi connectivity index (χ2v) is 12.1. The van der Waals surface area contributed by atoms with Gasteiger partial charge in [-0.1, -0.05) is 22.6 Å². The number of unbranched alkanes of at least 4 members (excludes halogenated alkanes) is 3. The fourth-order valence-corrected chi connectivity index (χ4v) is 3.78. The number of rotatable bonds is 12. The van der Waals surface area contributed by atoms with Crippen molar-refractivity contribution in [3.8, 4) is 0 Å². The van der Waals surface area contributed by atoms with E-state index >= 15 is 0 Å². The van der Waals surface area contributed by atoms with Crippen LogP contribution >= 0.6 is 34.4 Å². The topological polar surface area (TPSA) is 109 Å². The number of aliphatic hydroxyl groups is 2. The van der Waals surface area contributed by atoms with Gasteiger partial charge in [-0.05, 0) is 55.0 Å². The van der Waals surface area contributed by atoms with Gasteiger partial charge in [0.25, 0.3) is 0 Å².